The quantitative estimate of drug-likeness (QED) is 0.268. The van der Waals surface area contributed by atoms with Crippen molar-refractivity contribution in [1.82, 2.24) is 14.7 Å². The van der Waals surface area contributed by atoms with Crippen LogP contribution in [0.3, 0.4) is 0 Å². The Morgan fingerprint density at radius 1 is 1.25 bits per heavy atom. The Labute approximate surface area is 213 Å². The van der Waals surface area contributed by atoms with Gasteiger partial charge in [-0.3, -0.25) is 10.1 Å². The number of aromatic nitrogens is 2. The number of hydrogen-bond donors (Lipinski definition) is 2. The summed E-state index contributed by atoms with van der Waals surface area (Å²) in [5.74, 6) is 0.515. The van der Waals surface area contributed by atoms with Crippen LogP contribution in [0.5, 0.6) is 5.75 Å². The van der Waals surface area contributed by atoms with Gasteiger partial charge in [-0.05, 0) is 35.7 Å². The second kappa shape index (κ2) is 10.1. The Kier molecular flexibility index (Phi) is 6.77. The number of pyridine rings is 1. The minimum atomic E-state index is -0.386. The Hall–Kier alpha value is -3.66. The number of benzene rings is 2. The van der Waals surface area contributed by atoms with E-state index < -0.39 is 0 Å². The maximum absolute atomic E-state index is 10.8. The summed E-state index contributed by atoms with van der Waals surface area (Å²) < 4.78 is 7.23. The number of halogens is 1. The predicted molar refractivity (Wildman–Crippen MR) is 139 cm³/mol. The maximum Gasteiger partial charge on any atom is 0.269 e. The van der Waals surface area contributed by atoms with Crippen molar-refractivity contribution in [1.29, 1.82) is 0 Å². The van der Waals surface area contributed by atoms with Gasteiger partial charge in [0.15, 0.2) is 0 Å². The van der Waals surface area contributed by atoms with E-state index in [0.29, 0.717) is 28.9 Å². The van der Waals surface area contributed by atoms with Crippen molar-refractivity contribution >= 4 is 28.6 Å². The van der Waals surface area contributed by atoms with E-state index in [2.05, 4.69) is 22.3 Å². The van der Waals surface area contributed by atoms with Gasteiger partial charge in [-0.1, -0.05) is 23.7 Å². The van der Waals surface area contributed by atoms with Crippen LogP contribution in [0.1, 0.15) is 17.5 Å². The summed E-state index contributed by atoms with van der Waals surface area (Å²) in [4.78, 5) is 17.6. The summed E-state index contributed by atoms with van der Waals surface area (Å²) in [5, 5.41) is 24.7. The molecule has 10 heteroatoms. The third-order valence-corrected chi connectivity index (χ3v) is 6.86. The highest BCUT2D eigenvalue weighted by molar-refractivity contribution is 6.32. The first-order valence-corrected chi connectivity index (χ1v) is 12.0. The van der Waals surface area contributed by atoms with Crippen LogP contribution in [0.4, 0.5) is 11.4 Å². The van der Waals surface area contributed by atoms with E-state index in [1.165, 1.54) is 12.1 Å². The lowest BCUT2D eigenvalue weighted by Gasteiger charge is -2.19. The number of nitrogens with one attached hydrogen (secondary N) is 1. The third kappa shape index (κ3) is 4.86. The number of aliphatic hydroxyl groups is 1. The summed E-state index contributed by atoms with van der Waals surface area (Å²) in [7, 11) is 1.54. The SMILES string of the molecule is COc1cc(CO)c(-c2cn3ccc(N4CC[C@H](NCc5ccc([N+](=O)[O-])cc5)C4)cc3n2)cc1Cl. The van der Waals surface area contributed by atoms with E-state index in [1.807, 2.05) is 16.8 Å². The first-order valence-electron chi connectivity index (χ1n) is 11.6. The molecule has 2 aromatic carbocycles. The van der Waals surface area contributed by atoms with Crippen LogP contribution in [0, 0.1) is 10.1 Å². The fourth-order valence-corrected chi connectivity index (χ4v) is 4.82. The van der Waals surface area contributed by atoms with Gasteiger partial charge in [-0.25, -0.2) is 4.98 Å². The molecule has 9 nitrogen and oxygen atoms in total. The lowest BCUT2D eigenvalue weighted by Crippen LogP contribution is -2.32. The average Bonchev–Trinajstić information content (AvgIpc) is 3.54. The van der Waals surface area contributed by atoms with Crippen molar-refractivity contribution in [2.45, 2.75) is 25.6 Å². The normalized spacial score (nSPS) is 15.5. The lowest BCUT2D eigenvalue weighted by atomic mass is 10.1. The number of nitrogens with zero attached hydrogens (tertiary/aromatic N) is 4. The molecule has 36 heavy (non-hydrogen) atoms. The van der Waals surface area contributed by atoms with Gasteiger partial charge in [0.2, 0.25) is 0 Å². The standard InChI is InChI=1S/C26H26ClN5O4/c1-36-25-10-18(16-33)22(12-23(25)27)24-15-31-9-7-21(11-26(31)29-24)30-8-6-19(14-30)28-13-17-2-4-20(5-3-17)32(34)35/h2-5,7,9-12,15,19,28,33H,6,8,13-14,16H2,1H3/t19-/m0/s1. The van der Waals surface area contributed by atoms with Crippen LogP contribution in [-0.2, 0) is 13.2 Å². The second-order valence-corrected chi connectivity index (χ2v) is 9.22. The topological polar surface area (TPSA) is 105 Å². The van der Waals surface area contributed by atoms with Crippen molar-refractivity contribution in [3.8, 4) is 17.0 Å². The van der Waals surface area contributed by atoms with Gasteiger partial charge in [-0.15, -0.1) is 0 Å². The van der Waals surface area contributed by atoms with E-state index in [9.17, 15) is 15.2 Å². The molecule has 0 aliphatic carbocycles. The molecule has 0 amide bonds. The number of nitro benzene ring substituents is 1. The molecule has 1 saturated heterocycles. The van der Waals surface area contributed by atoms with Gasteiger partial charge in [-0.2, -0.15) is 0 Å². The summed E-state index contributed by atoms with van der Waals surface area (Å²) in [6.07, 6.45) is 4.92. The number of non-ortho nitro benzene ring substituents is 1. The number of methoxy groups -OCH3 is 1. The average molecular weight is 508 g/mol. The Bertz CT molecular complexity index is 1410. The summed E-state index contributed by atoms with van der Waals surface area (Å²) in [6, 6.07) is 14.6. The fraction of sp³-hybridized carbons (Fsp3) is 0.269. The van der Waals surface area contributed by atoms with E-state index in [-0.39, 0.29) is 17.2 Å². The molecule has 5 rings (SSSR count). The number of anilines is 1. The molecule has 1 aliphatic heterocycles. The number of hydrogen-bond acceptors (Lipinski definition) is 7. The van der Waals surface area contributed by atoms with Gasteiger partial charge in [0.1, 0.15) is 11.4 Å². The molecule has 2 N–H and O–H groups in total. The lowest BCUT2D eigenvalue weighted by molar-refractivity contribution is -0.384. The number of aliphatic hydroxyl groups excluding tert-OH is 1. The van der Waals surface area contributed by atoms with Gasteiger partial charge < -0.3 is 24.5 Å². The van der Waals surface area contributed by atoms with Crippen molar-refractivity contribution in [3.05, 3.63) is 87.2 Å². The smallest absolute Gasteiger partial charge is 0.269 e. The molecule has 0 saturated carbocycles. The highest BCUT2D eigenvalue weighted by atomic mass is 35.5. The number of imidazole rings is 1. The van der Waals surface area contributed by atoms with Gasteiger partial charge in [0.25, 0.3) is 5.69 Å². The molecule has 1 aliphatic rings. The minimum absolute atomic E-state index is 0.103. The summed E-state index contributed by atoms with van der Waals surface area (Å²) in [6.45, 7) is 2.30. The van der Waals surface area contributed by atoms with Crippen LogP contribution in [-0.4, -0.2) is 45.7 Å². The molecular weight excluding hydrogens is 482 g/mol. The molecule has 0 spiro atoms. The molecule has 0 radical (unpaired) electrons. The first kappa shape index (κ1) is 24.1. The molecule has 0 bridgehead atoms. The predicted octanol–water partition coefficient (Wildman–Crippen LogP) is 4.43. The zero-order chi connectivity index (χ0) is 25.2. The van der Waals surface area contributed by atoms with E-state index >= 15 is 0 Å². The molecular formula is C26H26ClN5O4. The summed E-state index contributed by atoms with van der Waals surface area (Å²) in [5.41, 5.74) is 5.21. The number of nitro groups is 1. The monoisotopic (exact) mass is 507 g/mol. The largest absolute Gasteiger partial charge is 0.495 e. The van der Waals surface area contributed by atoms with Crippen LogP contribution in [0.15, 0.2) is 60.9 Å². The molecule has 0 unspecified atom stereocenters. The molecule has 4 aromatic rings. The van der Waals surface area contributed by atoms with Gasteiger partial charge in [0, 0.05) is 67.5 Å². The van der Waals surface area contributed by atoms with E-state index in [1.54, 1.807) is 31.4 Å². The highest BCUT2D eigenvalue weighted by Crippen LogP contribution is 2.34. The summed E-state index contributed by atoms with van der Waals surface area (Å²) >= 11 is 6.34. The minimum Gasteiger partial charge on any atom is -0.495 e. The maximum atomic E-state index is 10.8. The Morgan fingerprint density at radius 3 is 2.78 bits per heavy atom. The zero-order valence-corrected chi connectivity index (χ0v) is 20.5. The highest BCUT2D eigenvalue weighted by Gasteiger charge is 2.23. The van der Waals surface area contributed by atoms with Gasteiger partial charge in [0.05, 0.1) is 29.4 Å². The fourth-order valence-electron chi connectivity index (χ4n) is 4.58. The van der Waals surface area contributed by atoms with Crippen molar-refractivity contribution < 1.29 is 14.8 Å². The van der Waals surface area contributed by atoms with Crippen molar-refractivity contribution in [2.24, 2.45) is 0 Å². The Morgan fingerprint density at radius 2 is 2.06 bits per heavy atom. The molecule has 186 valence electrons. The number of fused-ring (bicyclic) bond motifs is 1. The number of rotatable bonds is 8. The zero-order valence-electron chi connectivity index (χ0n) is 19.7. The van der Waals surface area contributed by atoms with Crippen LogP contribution >= 0.6 is 11.6 Å². The molecule has 1 atom stereocenters. The second-order valence-electron chi connectivity index (χ2n) is 8.81. The molecule has 1 fully saturated rings. The van der Waals surface area contributed by atoms with E-state index in [4.69, 9.17) is 21.3 Å². The van der Waals surface area contributed by atoms with E-state index in [0.717, 1.165) is 47.7 Å². The third-order valence-electron chi connectivity index (χ3n) is 6.56. The van der Waals surface area contributed by atoms with Crippen LogP contribution in [0.2, 0.25) is 5.02 Å². The van der Waals surface area contributed by atoms with Gasteiger partial charge >= 0.3 is 0 Å². The number of ether oxygens (including phenoxy) is 1. The van der Waals surface area contributed by atoms with Crippen molar-refractivity contribution in [3.63, 3.8) is 0 Å². The Balaban J connectivity index is 1.28. The first-order chi connectivity index (χ1) is 17.4. The van der Waals surface area contributed by atoms with Crippen molar-refractivity contribution in [2.75, 3.05) is 25.1 Å². The molecule has 2 aromatic heterocycles. The van der Waals surface area contributed by atoms with Crippen LogP contribution in [0.25, 0.3) is 16.9 Å². The van der Waals surface area contributed by atoms with Crippen LogP contribution < -0.4 is 15.0 Å². The molecule has 3 heterocycles.